The molecular weight excluding hydrogens is 352 g/mol. The first-order valence-corrected chi connectivity index (χ1v) is 9.38. The van der Waals surface area contributed by atoms with Gasteiger partial charge in [-0.3, -0.25) is 4.79 Å². The van der Waals surface area contributed by atoms with Gasteiger partial charge in [0.2, 0.25) is 0 Å². The zero-order valence-corrected chi connectivity index (χ0v) is 15.3. The molecule has 7 heteroatoms. The van der Waals surface area contributed by atoms with E-state index in [-0.39, 0.29) is 5.91 Å². The van der Waals surface area contributed by atoms with Crippen molar-refractivity contribution in [3.63, 3.8) is 0 Å². The molecule has 1 amide bonds. The summed E-state index contributed by atoms with van der Waals surface area (Å²) in [5, 5.41) is 8.26. The van der Waals surface area contributed by atoms with Gasteiger partial charge in [0, 0.05) is 48.7 Å². The van der Waals surface area contributed by atoms with Gasteiger partial charge >= 0.3 is 0 Å². The number of para-hydroxylation sites is 1. The van der Waals surface area contributed by atoms with Gasteiger partial charge in [0.1, 0.15) is 5.82 Å². The standard InChI is InChI=1S/C21H20N6O/c28-21(26-18-6-5-14(13-24-18)27-11-9-22-10-12-27)20-19-16(7-8-23-20)15-3-1-2-4-17(15)25-19/h1-8,13,22,25H,9-12H2,(H,24,26,28). The molecule has 140 valence electrons. The van der Waals surface area contributed by atoms with Crippen molar-refractivity contribution in [2.24, 2.45) is 0 Å². The highest BCUT2D eigenvalue weighted by Gasteiger charge is 2.16. The number of fused-ring (bicyclic) bond motifs is 3. The predicted octanol–water partition coefficient (Wildman–Crippen LogP) is 2.77. The lowest BCUT2D eigenvalue weighted by Crippen LogP contribution is -2.43. The Labute approximate surface area is 161 Å². The van der Waals surface area contributed by atoms with E-state index in [0.717, 1.165) is 53.7 Å². The Morgan fingerprint density at radius 3 is 2.68 bits per heavy atom. The second-order valence-corrected chi connectivity index (χ2v) is 6.85. The summed E-state index contributed by atoms with van der Waals surface area (Å²) in [5.74, 6) is 0.235. The number of rotatable bonds is 3. The van der Waals surface area contributed by atoms with Crippen LogP contribution >= 0.6 is 0 Å². The molecule has 4 heterocycles. The van der Waals surface area contributed by atoms with E-state index < -0.39 is 0 Å². The predicted molar refractivity (Wildman–Crippen MR) is 111 cm³/mol. The number of hydrogen-bond donors (Lipinski definition) is 3. The Morgan fingerprint density at radius 1 is 1.00 bits per heavy atom. The minimum Gasteiger partial charge on any atom is -0.368 e. The van der Waals surface area contributed by atoms with E-state index in [1.807, 2.05) is 42.5 Å². The van der Waals surface area contributed by atoms with Crippen LogP contribution in [0.4, 0.5) is 11.5 Å². The molecular formula is C21H20N6O. The van der Waals surface area contributed by atoms with Gasteiger partial charge in [0.25, 0.3) is 5.91 Å². The molecule has 0 unspecified atom stereocenters. The molecule has 1 aliphatic heterocycles. The molecule has 0 atom stereocenters. The quantitative estimate of drug-likeness (QED) is 0.515. The maximum atomic E-state index is 12.8. The van der Waals surface area contributed by atoms with E-state index in [4.69, 9.17) is 0 Å². The van der Waals surface area contributed by atoms with Crippen molar-refractivity contribution in [1.29, 1.82) is 0 Å². The fourth-order valence-corrected chi connectivity index (χ4v) is 3.69. The Morgan fingerprint density at radius 2 is 1.86 bits per heavy atom. The molecule has 1 saturated heterocycles. The van der Waals surface area contributed by atoms with Crippen molar-refractivity contribution >= 4 is 39.2 Å². The molecule has 1 aliphatic rings. The number of carbonyl (C=O) groups is 1. The van der Waals surface area contributed by atoms with Gasteiger partial charge in [-0.2, -0.15) is 0 Å². The first-order valence-electron chi connectivity index (χ1n) is 9.38. The van der Waals surface area contributed by atoms with Gasteiger partial charge in [0.05, 0.1) is 17.4 Å². The number of anilines is 2. The smallest absolute Gasteiger partial charge is 0.277 e. The molecule has 1 fully saturated rings. The largest absolute Gasteiger partial charge is 0.368 e. The molecule has 3 N–H and O–H groups in total. The molecule has 28 heavy (non-hydrogen) atoms. The van der Waals surface area contributed by atoms with Crippen LogP contribution in [-0.4, -0.2) is 47.0 Å². The van der Waals surface area contributed by atoms with E-state index >= 15 is 0 Å². The first-order chi connectivity index (χ1) is 13.8. The second-order valence-electron chi connectivity index (χ2n) is 6.85. The van der Waals surface area contributed by atoms with Gasteiger partial charge < -0.3 is 20.5 Å². The molecule has 3 aromatic heterocycles. The number of aromatic nitrogens is 3. The average Bonchev–Trinajstić information content (AvgIpc) is 3.14. The average molecular weight is 372 g/mol. The van der Waals surface area contributed by atoms with Crippen LogP contribution in [0.1, 0.15) is 10.5 Å². The Hall–Kier alpha value is -3.45. The number of carbonyl (C=O) groups excluding carboxylic acids is 1. The third kappa shape index (κ3) is 2.95. The number of piperazine rings is 1. The van der Waals surface area contributed by atoms with E-state index in [2.05, 4.69) is 30.5 Å². The van der Waals surface area contributed by atoms with E-state index in [9.17, 15) is 4.79 Å². The molecule has 1 aromatic carbocycles. The zero-order chi connectivity index (χ0) is 18.9. The van der Waals surface area contributed by atoms with Crippen LogP contribution in [0.3, 0.4) is 0 Å². The summed E-state index contributed by atoms with van der Waals surface area (Å²) >= 11 is 0. The maximum Gasteiger partial charge on any atom is 0.277 e. The van der Waals surface area contributed by atoms with Crippen molar-refractivity contribution in [1.82, 2.24) is 20.3 Å². The highest BCUT2D eigenvalue weighted by Crippen LogP contribution is 2.26. The van der Waals surface area contributed by atoms with E-state index in [1.54, 1.807) is 12.4 Å². The van der Waals surface area contributed by atoms with Crippen LogP contribution in [0.5, 0.6) is 0 Å². The summed E-state index contributed by atoms with van der Waals surface area (Å²) in [6.07, 6.45) is 3.47. The number of nitrogens with zero attached hydrogens (tertiary/aromatic N) is 3. The van der Waals surface area contributed by atoms with Crippen molar-refractivity contribution in [2.75, 3.05) is 36.4 Å². The van der Waals surface area contributed by atoms with Crippen molar-refractivity contribution in [3.05, 3.63) is 60.6 Å². The third-order valence-corrected chi connectivity index (χ3v) is 5.11. The SMILES string of the molecule is O=C(Nc1ccc(N2CCNCC2)cn1)c1nccc2c1[nH]c1ccccc12. The fourth-order valence-electron chi connectivity index (χ4n) is 3.69. The first kappa shape index (κ1) is 16.7. The number of hydrogen-bond acceptors (Lipinski definition) is 5. The summed E-state index contributed by atoms with van der Waals surface area (Å²) in [4.78, 5) is 27.1. The number of pyridine rings is 2. The van der Waals surface area contributed by atoms with Gasteiger partial charge in [-0.25, -0.2) is 9.97 Å². The highest BCUT2D eigenvalue weighted by atomic mass is 16.1. The lowest BCUT2D eigenvalue weighted by Gasteiger charge is -2.29. The second kappa shape index (κ2) is 6.94. The van der Waals surface area contributed by atoms with Crippen molar-refractivity contribution in [3.8, 4) is 0 Å². The Balaban J connectivity index is 1.41. The maximum absolute atomic E-state index is 12.8. The lowest BCUT2D eigenvalue weighted by molar-refractivity contribution is 0.102. The third-order valence-electron chi connectivity index (χ3n) is 5.11. The lowest BCUT2D eigenvalue weighted by atomic mass is 10.1. The fraction of sp³-hybridized carbons (Fsp3) is 0.190. The van der Waals surface area contributed by atoms with Crippen molar-refractivity contribution in [2.45, 2.75) is 0 Å². The molecule has 7 nitrogen and oxygen atoms in total. The summed E-state index contributed by atoms with van der Waals surface area (Å²) in [5.41, 5.74) is 3.15. The van der Waals surface area contributed by atoms with Crippen LogP contribution in [0.2, 0.25) is 0 Å². The van der Waals surface area contributed by atoms with Crippen LogP contribution in [-0.2, 0) is 0 Å². The minimum absolute atomic E-state index is 0.278. The highest BCUT2D eigenvalue weighted by molar-refractivity contribution is 6.16. The number of H-pyrrole nitrogens is 1. The number of amides is 1. The Kier molecular flexibility index (Phi) is 4.14. The molecule has 0 spiro atoms. The molecule has 5 rings (SSSR count). The summed E-state index contributed by atoms with van der Waals surface area (Å²) in [6.45, 7) is 3.86. The van der Waals surface area contributed by atoms with E-state index in [0.29, 0.717) is 11.5 Å². The number of aromatic amines is 1. The monoisotopic (exact) mass is 372 g/mol. The molecule has 4 aromatic rings. The van der Waals surface area contributed by atoms with Crippen LogP contribution in [0.15, 0.2) is 54.9 Å². The summed E-state index contributed by atoms with van der Waals surface area (Å²) in [7, 11) is 0. The summed E-state index contributed by atoms with van der Waals surface area (Å²) in [6, 6.07) is 13.7. The van der Waals surface area contributed by atoms with E-state index in [1.165, 1.54) is 0 Å². The topological polar surface area (TPSA) is 85.9 Å². The zero-order valence-electron chi connectivity index (χ0n) is 15.3. The van der Waals surface area contributed by atoms with Crippen LogP contribution in [0, 0.1) is 0 Å². The molecule has 0 aliphatic carbocycles. The van der Waals surface area contributed by atoms with Gasteiger partial charge in [-0.15, -0.1) is 0 Å². The van der Waals surface area contributed by atoms with Crippen molar-refractivity contribution < 1.29 is 4.79 Å². The molecule has 0 saturated carbocycles. The van der Waals surface area contributed by atoms with Gasteiger partial charge in [-0.1, -0.05) is 18.2 Å². The molecule has 0 bridgehead atoms. The van der Waals surface area contributed by atoms with Crippen LogP contribution in [0.25, 0.3) is 21.8 Å². The number of nitrogens with one attached hydrogen (secondary N) is 3. The minimum atomic E-state index is -0.278. The summed E-state index contributed by atoms with van der Waals surface area (Å²) < 4.78 is 0. The number of benzene rings is 1. The van der Waals surface area contributed by atoms with Crippen LogP contribution < -0.4 is 15.5 Å². The normalized spacial score (nSPS) is 14.5. The van der Waals surface area contributed by atoms with Gasteiger partial charge in [-0.05, 0) is 24.3 Å². The molecule has 0 radical (unpaired) electrons. The Bertz CT molecular complexity index is 1140. The van der Waals surface area contributed by atoms with Gasteiger partial charge in [0.15, 0.2) is 5.69 Å².